The Balaban J connectivity index is 2.53. The number of aliphatic hydroxyl groups is 1. The summed E-state index contributed by atoms with van der Waals surface area (Å²) in [6.45, 7) is 9.30. The second-order valence-electron chi connectivity index (χ2n) is 8.35. The maximum Gasteiger partial charge on any atom is 0.407 e. The van der Waals surface area contributed by atoms with Gasteiger partial charge in [-0.1, -0.05) is 33.8 Å². The molecule has 0 saturated carbocycles. The molecule has 2 amide bonds. The van der Waals surface area contributed by atoms with Gasteiger partial charge in [0.05, 0.1) is 18.7 Å². The number of alkyl carbamates (subject to hydrolysis) is 1. The first-order valence-corrected chi connectivity index (χ1v) is 10.7. The number of nitrogens with zero attached hydrogens (tertiary/aromatic N) is 1. The van der Waals surface area contributed by atoms with Crippen molar-refractivity contribution in [2.75, 3.05) is 6.61 Å². The van der Waals surface area contributed by atoms with Gasteiger partial charge < -0.3 is 25.3 Å². The first-order chi connectivity index (χ1) is 14.6. The minimum Gasteiger partial charge on any atom is -0.449 e. The molecule has 1 aromatic rings. The van der Waals surface area contributed by atoms with Gasteiger partial charge in [-0.25, -0.2) is 4.79 Å². The van der Waals surface area contributed by atoms with Crippen molar-refractivity contribution in [2.24, 2.45) is 11.8 Å². The monoisotopic (exact) mass is 436 g/mol. The smallest absolute Gasteiger partial charge is 0.407 e. The van der Waals surface area contributed by atoms with Crippen LogP contribution in [0.3, 0.4) is 0 Å². The van der Waals surface area contributed by atoms with Crippen molar-refractivity contribution < 1.29 is 24.2 Å². The third-order valence-corrected chi connectivity index (χ3v) is 4.66. The molecule has 0 aliphatic rings. The molecule has 0 saturated heterocycles. The highest BCUT2D eigenvalue weighted by molar-refractivity contribution is 5.86. The average molecular weight is 437 g/mol. The number of carbonyl (C=O) groups is 3. The third-order valence-electron chi connectivity index (χ3n) is 4.66. The molecule has 1 aromatic heterocycles. The summed E-state index contributed by atoms with van der Waals surface area (Å²) in [6, 6.07) is 3.47. The summed E-state index contributed by atoms with van der Waals surface area (Å²) in [7, 11) is 0. The number of ether oxygens (including phenoxy) is 1. The SMILES string of the molecule is CC(C)CC(C=O)NC(O)C(C)NC(=O)C(NC(=O)OCCc1ccccn1)C(C)C. The summed E-state index contributed by atoms with van der Waals surface area (Å²) >= 11 is 0. The van der Waals surface area contributed by atoms with Crippen LogP contribution >= 0.6 is 0 Å². The zero-order valence-corrected chi connectivity index (χ0v) is 19.0. The number of aliphatic hydroxyl groups excluding tert-OH is 1. The Hall–Kier alpha value is -2.52. The van der Waals surface area contributed by atoms with Crippen LogP contribution in [0.5, 0.6) is 0 Å². The Labute approximate surface area is 184 Å². The summed E-state index contributed by atoms with van der Waals surface area (Å²) in [6.07, 6.45) is 1.64. The lowest BCUT2D eigenvalue weighted by Gasteiger charge is -2.28. The molecule has 4 atom stereocenters. The fourth-order valence-corrected chi connectivity index (χ4v) is 2.93. The van der Waals surface area contributed by atoms with E-state index < -0.39 is 36.4 Å². The van der Waals surface area contributed by atoms with E-state index in [1.807, 2.05) is 26.0 Å². The molecule has 0 aliphatic heterocycles. The maximum absolute atomic E-state index is 12.7. The van der Waals surface area contributed by atoms with E-state index in [-0.39, 0.29) is 18.4 Å². The number of amides is 2. The zero-order chi connectivity index (χ0) is 23.4. The Bertz CT molecular complexity index is 684. The lowest BCUT2D eigenvalue weighted by molar-refractivity contribution is -0.125. The molecular formula is C22H36N4O5. The third kappa shape index (κ3) is 10.4. The number of hydrogen-bond donors (Lipinski definition) is 4. The van der Waals surface area contributed by atoms with E-state index in [1.54, 1.807) is 33.0 Å². The fraction of sp³-hybridized carbons (Fsp3) is 0.636. The van der Waals surface area contributed by atoms with Crippen LogP contribution in [0.15, 0.2) is 24.4 Å². The minimum atomic E-state index is -1.11. The van der Waals surface area contributed by atoms with Crippen molar-refractivity contribution in [1.29, 1.82) is 0 Å². The molecule has 31 heavy (non-hydrogen) atoms. The highest BCUT2D eigenvalue weighted by Crippen LogP contribution is 2.06. The van der Waals surface area contributed by atoms with E-state index in [2.05, 4.69) is 20.9 Å². The van der Waals surface area contributed by atoms with Crippen LogP contribution < -0.4 is 16.0 Å². The summed E-state index contributed by atoms with van der Waals surface area (Å²) in [5, 5.41) is 18.4. The van der Waals surface area contributed by atoms with Crippen LogP contribution in [-0.2, 0) is 20.7 Å². The topological polar surface area (TPSA) is 130 Å². The van der Waals surface area contributed by atoms with Gasteiger partial charge in [0.25, 0.3) is 0 Å². The van der Waals surface area contributed by atoms with Crippen LogP contribution in [0, 0.1) is 11.8 Å². The molecule has 4 N–H and O–H groups in total. The number of pyridine rings is 1. The predicted molar refractivity (Wildman–Crippen MR) is 117 cm³/mol. The van der Waals surface area contributed by atoms with Crippen molar-refractivity contribution in [3.63, 3.8) is 0 Å². The van der Waals surface area contributed by atoms with E-state index >= 15 is 0 Å². The minimum absolute atomic E-state index is 0.136. The van der Waals surface area contributed by atoms with Crippen molar-refractivity contribution in [1.82, 2.24) is 20.9 Å². The predicted octanol–water partition coefficient (Wildman–Crippen LogP) is 1.40. The molecular weight excluding hydrogens is 400 g/mol. The number of nitrogens with one attached hydrogen (secondary N) is 3. The van der Waals surface area contributed by atoms with Crippen molar-refractivity contribution in [3.8, 4) is 0 Å². The first kappa shape index (κ1) is 26.5. The molecule has 0 aromatic carbocycles. The van der Waals surface area contributed by atoms with Gasteiger partial charge in [-0.15, -0.1) is 0 Å². The number of hydrogen-bond acceptors (Lipinski definition) is 7. The second-order valence-corrected chi connectivity index (χ2v) is 8.35. The van der Waals surface area contributed by atoms with Gasteiger partial charge in [-0.3, -0.25) is 15.1 Å². The number of aromatic nitrogens is 1. The molecule has 0 spiro atoms. The molecule has 0 radical (unpaired) electrons. The molecule has 9 heteroatoms. The Morgan fingerprint density at radius 3 is 2.42 bits per heavy atom. The van der Waals surface area contributed by atoms with E-state index in [1.165, 1.54) is 0 Å². The molecule has 0 bridgehead atoms. The fourth-order valence-electron chi connectivity index (χ4n) is 2.93. The largest absolute Gasteiger partial charge is 0.449 e. The van der Waals surface area contributed by atoms with Crippen LogP contribution in [0.1, 0.15) is 46.7 Å². The summed E-state index contributed by atoms with van der Waals surface area (Å²) in [5.74, 6) is -0.376. The molecule has 1 rings (SSSR count). The summed E-state index contributed by atoms with van der Waals surface area (Å²) in [5.41, 5.74) is 0.801. The van der Waals surface area contributed by atoms with Crippen LogP contribution in [0.4, 0.5) is 4.79 Å². The average Bonchev–Trinajstić information content (AvgIpc) is 2.71. The van der Waals surface area contributed by atoms with Gasteiger partial charge in [0.2, 0.25) is 5.91 Å². The second kappa shape index (κ2) is 13.7. The molecule has 0 fully saturated rings. The van der Waals surface area contributed by atoms with Gasteiger partial charge in [0.15, 0.2) is 0 Å². The standard InChI is InChI=1S/C22H36N4O5/c1-14(2)12-18(13-27)25-20(28)16(5)24-21(29)19(15(3)4)26-22(30)31-11-9-17-8-6-7-10-23-17/h6-8,10,13-16,18-20,25,28H,9,11-12H2,1-5H3,(H,24,29)(H,26,30). The van der Waals surface area contributed by atoms with Gasteiger partial charge in [0.1, 0.15) is 18.6 Å². The molecule has 174 valence electrons. The Kier molecular flexibility index (Phi) is 11.7. The highest BCUT2D eigenvalue weighted by Gasteiger charge is 2.28. The van der Waals surface area contributed by atoms with Crippen LogP contribution in [-0.4, -0.2) is 59.3 Å². The molecule has 9 nitrogen and oxygen atoms in total. The maximum atomic E-state index is 12.7. The van der Waals surface area contributed by atoms with E-state index in [0.29, 0.717) is 12.8 Å². The normalized spacial score (nSPS) is 15.1. The lowest BCUT2D eigenvalue weighted by atomic mass is 10.0. The highest BCUT2D eigenvalue weighted by atomic mass is 16.5. The van der Waals surface area contributed by atoms with Crippen molar-refractivity contribution in [3.05, 3.63) is 30.1 Å². The van der Waals surface area contributed by atoms with Gasteiger partial charge in [0, 0.05) is 18.3 Å². The number of aldehydes is 1. The van der Waals surface area contributed by atoms with Gasteiger partial charge in [-0.2, -0.15) is 0 Å². The van der Waals surface area contributed by atoms with Crippen molar-refractivity contribution in [2.45, 2.75) is 71.8 Å². The molecule has 0 aliphatic carbocycles. The number of rotatable bonds is 13. The van der Waals surface area contributed by atoms with E-state index in [9.17, 15) is 19.5 Å². The quantitative estimate of drug-likeness (QED) is 0.272. The van der Waals surface area contributed by atoms with Crippen molar-refractivity contribution >= 4 is 18.3 Å². The van der Waals surface area contributed by atoms with Gasteiger partial charge in [-0.05, 0) is 37.3 Å². The zero-order valence-electron chi connectivity index (χ0n) is 19.0. The first-order valence-electron chi connectivity index (χ1n) is 10.7. The van der Waals surface area contributed by atoms with Crippen LogP contribution in [0.2, 0.25) is 0 Å². The summed E-state index contributed by atoms with van der Waals surface area (Å²) < 4.78 is 5.16. The Morgan fingerprint density at radius 1 is 1.16 bits per heavy atom. The Morgan fingerprint density at radius 2 is 1.87 bits per heavy atom. The lowest BCUT2D eigenvalue weighted by Crippen LogP contribution is -2.57. The summed E-state index contributed by atoms with van der Waals surface area (Å²) in [4.78, 5) is 40.1. The van der Waals surface area contributed by atoms with E-state index in [0.717, 1.165) is 12.0 Å². The molecule has 1 heterocycles. The van der Waals surface area contributed by atoms with Gasteiger partial charge >= 0.3 is 6.09 Å². The van der Waals surface area contributed by atoms with E-state index in [4.69, 9.17) is 4.74 Å². The number of carbonyl (C=O) groups excluding carboxylic acids is 3. The van der Waals surface area contributed by atoms with Crippen LogP contribution in [0.25, 0.3) is 0 Å². The molecule has 4 unspecified atom stereocenters.